The molecule has 0 bridgehead atoms. The molecule has 1 aromatic carbocycles. The number of aromatic nitrogens is 1. The molecule has 1 N–H and O–H groups in total. The van der Waals surface area contributed by atoms with Crippen molar-refractivity contribution in [3.63, 3.8) is 0 Å². The summed E-state index contributed by atoms with van der Waals surface area (Å²) >= 11 is 0. The van der Waals surface area contributed by atoms with E-state index in [0.29, 0.717) is 6.42 Å². The highest BCUT2D eigenvalue weighted by Crippen LogP contribution is 2.26. The molecule has 1 aromatic heterocycles. The van der Waals surface area contributed by atoms with Gasteiger partial charge in [0.15, 0.2) is 0 Å². The van der Waals surface area contributed by atoms with E-state index in [1.807, 2.05) is 20.8 Å². The minimum absolute atomic E-state index is 0.0401. The Morgan fingerprint density at radius 3 is 2.68 bits per heavy atom. The van der Waals surface area contributed by atoms with Crippen LogP contribution in [0.2, 0.25) is 0 Å². The molecule has 118 valence electrons. The molecule has 6 heteroatoms. The van der Waals surface area contributed by atoms with E-state index in [-0.39, 0.29) is 17.6 Å². The van der Waals surface area contributed by atoms with Crippen LogP contribution in [0.5, 0.6) is 0 Å². The van der Waals surface area contributed by atoms with Crippen LogP contribution in [-0.4, -0.2) is 21.5 Å². The third-order valence-corrected chi connectivity index (χ3v) is 3.30. The Morgan fingerprint density at radius 1 is 1.41 bits per heavy atom. The van der Waals surface area contributed by atoms with Gasteiger partial charge in [0.2, 0.25) is 0 Å². The highest BCUT2D eigenvalue weighted by molar-refractivity contribution is 5.86. The second kappa shape index (κ2) is 5.79. The van der Waals surface area contributed by atoms with E-state index in [4.69, 9.17) is 4.74 Å². The molecular formula is C16H20N2O4. The van der Waals surface area contributed by atoms with Crippen LogP contribution in [0, 0.1) is 16.0 Å². The van der Waals surface area contributed by atoms with Gasteiger partial charge in [-0.25, -0.2) is 0 Å². The normalized spacial score (nSPS) is 13.1. The lowest BCUT2D eigenvalue weighted by molar-refractivity contribution is -0.384. The van der Waals surface area contributed by atoms with Gasteiger partial charge in [-0.15, -0.1) is 0 Å². The lowest BCUT2D eigenvalue weighted by Crippen LogP contribution is -2.28. The van der Waals surface area contributed by atoms with Crippen molar-refractivity contribution in [2.45, 2.75) is 39.7 Å². The predicted molar refractivity (Wildman–Crippen MR) is 83.7 cm³/mol. The van der Waals surface area contributed by atoms with Crippen molar-refractivity contribution < 1.29 is 14.5 Å². The number of ether oxygens (including phenoxy) is 1. The zero-order valence-electron chi connectivity index (χ0n) is 13.2. The fraction of sp³-hybridized carbons (Fsp3) is 0.438. The minimum Gasteiger partial charge on any atom is -0.460 e. The third-order valence-electron chi connectivity index (χ3n) is 3.30. The molecule has 0 amide bonds. The molecule has 1 unspecified atom stereocenters. The van der Waals surface area contributed by atoms with Gasteiger partial charge < -0.3 is 9.72 Å². The van der Waals surface area contributed by atoms with Crippen LogP contribution in [-0.2, 0) is 16.0 Å². The van der Waals surface area contributed by atoms with Crippen LogP contribution in [0.1, 0.15) is 33.3 Å². The Hall–Kier alpha value is -2.37. The lowest BCUT2D eigenvalue weighted by Gasteiger charge is -2.22. The maximum absolute atomic E-state index is 12.1. The number of nitro groups is 1. The Balaban J connectivity index is 2.22. The molecule has 22 heavy (non-hydrogen) atoms. The van der Waals surface area contributed by atoms with Crippen LogP contribution in [0.15, 0.2) is 24.4 Å². The van der Waals surface area contributed by atoms with E-state index in [9.17, 15) is 14.9 Å². The maximum atomic E-state index is 12.1. The maximum Gasteiger partial charge on any atom is 0.309 e. The number of hydrogen-bond acceptors (Lipinski definition) is 4. The van der Waals surface area contributed by atoms with E-state index in [0.717, 1.165) is 16.5 Å². The quantitative estimate of drug-likeness (QED) is 0.531. The number of carbonyl (C=O) groups excluding carboxylic acids is 1. The average Bonchev–Trinajstić information content (AvgIpc) is 2.79. The predicted octanol–water partition coefficient (Wildman–Crippen LogP) is 3.60. The summed E-state index contributed by atoms with van der Waals surface area (Å²) < 4.78 is 5.36. The second-order valence-corrected chi connectivity index (χ2v) is 6.44. The van der Waals surface area contributed by atoms with Crippen molar-refractivity contribution in [1.29, 1.82) is 0 Å². The van der Waals surface area contributed by atoms with Gasteiger partial charge in [-0.2, -0.15) is 0 Å². The smallest absolute Gasteiger partial charge is 0.309 e. The number of aromatic amines is 1. The fourth-order valence-corrected chi connectivity index (χ4v) is 2.26. The van der Waals surface area contributed by atoms with Crippen LogP contribution < -0.4 is 0 Å². The Labute approximate surface area is 128 Å². The Kier molecular flexibility index (Phi) is 4.21. The first-order chi connectivity index (χ1) is 10.2. The summed E-state index contributed by atoms with van der Waals surface area (Å²) in [5.41, 5.74) is 1.21. The lowest BCUT2D eigenvalue weighted by atomic mass is 10.00. The molecule has 0 radical (unpaired) electrons. The Morgan fingerprint density at radius 2 is 2.09 bits per heavy atom. The molecule has 0 aliphatic rings. The summed E-state index contributed by atoms with van der Waals surface area (Å²) in [7, 11) is 0. The molecule has 1 atom stereocenters. The van der Waals surface area contributed by atoms with Crippen molar-refractivity contribution in [2.75, 3.05) is 0 Å². The van der Waals surface area contributed by atoms with Gasteiger partial charge in [0.05, 0.1) is 10.8 Å². The summed E-state index contributed by atoms with van der Waals surface area (Å²) in [6.07, 6.45) is 2.26. The standard InChI is InChI=1S/C16H20N2O4/c1-10(15(19)22-16(2,3)4)7-11-9-17-14-6-5-12(18(20)21)8-13(11)14/h5-6,8-10,17H,7H2,1-4H3. The molecule has 0 aliphatic heterocycles. The molecule has 0 fully saturated rings. The number of non-ortho nitro benzene ring substituents is 1. The minimum atomic E-state index is -0.523. The second-order valence-electron chi connectivity index (χ2n) is 6.44. The summed E-state index contributed by atoms with van der Waals surface area (Å²) in [4.78, 5) is 25.6. The first kappa shape index (κ1) is 16.0. The number of nitro benzene ring substituents is 1. The van der Waals surface area contributed by atoms with Crippen LogP contribution in [0.4, 0.5) is 5.69 Å². The third kappa shape index (κ3) is 3.63. The fourth-order valence-electron chi connectivity index (χ4n) is 2.26. The number of hydrogen-bond donors (Lipinski definition) is 1. The molecule has 0 saturated carbocycles. The number of fused-ring (bicyclic) bond motifs is 1. The Bertz CT molecular complexity index is 712. The molecule has 2 rings (SSSR count). The summed E-state index contributed by atoms with van der Waals surface area (Å²) in [5, 5.41) is 11.7. The van der Waals surface area contributed by atoms with Crippen molar-refractivity contribution in [3.05, 3.63) is 40.1 Å². The summed E-state index contributed by atoms with van der Waals surface area (Å²) in [5.74, 6) is -0.593. The number of benzene rings is 1. The first-order valence-electron chi connectivity index (χ1n) is 7.14. The molecule has 6 nitrogen and oxygen atoms in total. The first-order valence-corrected chi connectivity index (χ1v) is 7.14. The molecule has 0 saturated heterocycles. The number of carbonyl (C=O) groups is 1. The largest absolute Gasteiger partial charge is 0.460 e. The summed E-state index contributed by atoms with van der Waals surface area (Å²) in [6.45, 7) is 7.27. The average molecular weight is 304 g/mol. The van der Waals surface area contributed by atoms with E-state index >= 15 is 0 Å². The SMILES string of the molecule is CC(Cc1c[nH]c2ccc([N+](=O)[O-])cc12)C(=O)OC(C)(C)C. The number of esters is 1. The molecule has 1 heterocycles. The van der Waals surface area contributed by atoms with Gasteiger partial charge >= 0.3 is 5.97 Å². The zero-order valence-corrected chi connectivity index (χ0v) is 13.2. The van der Waals surface area contributed by atoms with E-state index in [1.54, 1.807) is 19.2 Å². The highest BCUT2D eigenvalue weighted by Gasteiger charge is 2.23. The van der Waals surface area contributed by atoms with Crippen LogP contribution >= 0.6 is 0 Å². The number of nitrogens with one attached hydrogen (secondary N) is 1. The topological polar surface area (TPSA) is 85.2 Å². The van der Waals surface area contributed by atoms with Crippen molar-refractivity contribution in [2.24, 2.45) is 5.92 Å². The van der Waals surface area contributed by atoms with Crippen molar-refractivity contribution in [1.82, 2.24) is 4.98 Å². The van der Waals surface area contributed by atoms with Gasteiger partial charge in [0, 0.05) is 29.2 Å². The van der Waals surface area contributed by atoms with Gasteiger partial charge in [-0.3, -0.25) is 14.9 Å². The van der Waals surface area contributed by atoms with E-state index < -0.39 is 10.5 Å². The zero-order chi connectivity index (χ0) is 16.5. The number of rotatable bonds is 4. The van der Waals surface area contributed by atoms with Gasteiger partial charge in [0.25, 0.3) is 5.69 Å². The van der Waals surface area contributed by atoms with Crippen LogP contribution in [0.3, 0.4) is 0 Å². The number of H-pyrrole nitrogens is 1. The van der Waals surface area contributed by atoms with Gasteiger partial charge in [0.1, 0.15) is 5.60 Å². The van der Waals surface area contributed by atoms with E-state index in [2.05, 4.69) is 4.98 Å². The highest BCUT2D eigenvalue weighted by atomic mass is 16.6. The molecular weight excluding hydrogens is 284 g/mol. The molecule has 0 spiro atoms. The summed E-state index contributed by atoms with van der Waals surface area (Å²) in [6, 6.07) is 4.66. The van der Waals surface area contributed by atoms with Gasteiger partial charge in [-0.05, 0) is 38.8 Å². The monoisotopic (exact) mass is 304 g/mol. The van der Waals surface area contributed by atoms with Crippen LogP contribution in [0.25, 0.3) is 10.9 Å². The molecule has 2 aromatic rings. The molecule has 0 aliphatic carbocycles. The van der Waals surface area contributed by atoms with E-state index in [1.165, 1.54) is 12.1 Å². The van der Waals surface area contributed by atoms with Gasteiger partial charge in [-0.1, -0.05) is 6.92 Å². The van der Waals surface area contributed by atoms with Crippen molar-refractivity contribution in [3.8, 4) is 0 Å². The van der Waals surface area contributed by atoms with Crippen molar-refractivity contribution >= 4 is 22.6 Å². The number of nitrogens with zero attached hydrogens (tertiary/aromatic N) is 1.